The highest BCUT2D eigenvalue weighted by Crippen LogP contribution is 2.17. The molecule has 1 saturated carbocycles. The van der Waals surface area contributed by atoms with Crippen LogP contribution in [0.5, 0.6) is 0 Å². The van der Waals surface area contributed by atoms with Gasteiger partial charge in [-0.15, -0.1) is 0 Å². The first kappa shape index (κ1) is 11.4. The molecule has 1 heterocycles. The van der Waals surface area contributed by atoms with E-state index in [0.717, 1.165) is 19.1 Å². The van der Waals surface area contributed by atoms with Crippen LogP contribution in [0, 0.1) is 0 Å². The third-order valence-electron chi connectivity index (χ3n) is 3.78. The Morgan fingerprint density at radius 1 is 1.27 bits per heavy atom. The molecule has 3 heteroatoms. The van der Waals surface area contributed by atoms with E-state index >= 15 is 0 Å². The van der Waals surface area contributed by atoms with E-state index in [1.165, 1.54) is 45.2 Å². The van der Waals surface area contributed by atoms with Gasteiger partial charge in [0.1, 0.15) is 0 Å². The average Bonchev–Trinajstić information content (AvgIpc) is 2.88. The van der Waals surface area contributed by atoms with Crippen LogP contribution < -0.4 is 5.32 Å². The van der Waals surface area contributed by atoms with E-state index in [9.17, 15) is 0 Å². The summed E-state index contributed by atoms with van der Waals surface area (Å²) in [5.74, 6) is 0. The monoisotopic (exact) mass is 212 g/mol. The fourth-order valence-corrected chi connectivity index (χ4v) is 2.75. The molecule has 1 atom stereocenters. The summed E-state index contributed by atoms with van der Waals surface area (Å²) in [5, 5.41) is 3.66. The summed E-state index contributed by atoms with van der Waals surface area (Å²) < 4.78 is 5.36. The SMILES string of the molecule is COC1CCN(CCNC2CCCC2)C1. The lowest BCUT2D eigenvalue weighted by Crippen LogP contribution is -2.35. The summed E-state index contributed by atoms with van der Waals surface area (Å²) in [4.78, 5) is 2.51. The first-order valence-electron chi connectivity index (χ1n) is 6.37. The summed E-state index contributed by atoms with van der Waals surface area (Å²) in [6, 6.07) is 0.811. The van der Waals surface area contributed by atoms with Gasteiger partial charge in [-0.2, -0.15) is 0 Å². The Bertz CT molecular complexity index is 180. The number of ether oxygens (including phenoxy) is 1. The van der Waals surface area contributed by atoms with Crippen molar-refractivity contribution < 1.29 is 4.74 Å². The predicted molar refractivity (Wildman–Crippen MR) is 62.1 cm³/mol. The Hall–Kier alpha value is -0.120. The third-order valence-corrected chi connectivity index (χ3v) is 3.78. The van der Waals surface area contributed by atoms with E-state index < -0.39 is 0 Å². The molecule has 0 aromatic carbocycles. The molecule has 1 N–H and O–H groups in total. The smallest absolute Gasteiger partial charge is 0.0710 e. The molecule has 1 unspecified atom stereocenters. The van der Waals surface area contributed by atoms with Gasteiger partial charge in [-0.3, -0.25) is 4.90 Å². The Morgan fingerprint density at radius 2 is 2.07 bits per heavy atom. The Labute approximate surface area is 93.2 Å². The van der Waals surface area contributed by atoms with Crippen LogP contribution in [0.3, 0.4) is 0 Å². The minimum Gasteiger partial charge on any atom is -0.380 e. The normalized spacial score (nSPS) is 29.0. The molecule has 0 aromatic rings. The number of methoxy groups -OCH3 is 1. The maximum atomic E-state index is 5.36. The highest BCUT2D eigenvalue weighted by molar-refractivity contribution is 4.78. The van der Waals surface area contributed by atoms with Gasteiger partial charge in [0.25, 0.3) is 0 Å². The van der Waals surface area contributed by atoms with Crippen LogP contribution in [0.2, 0.25) is 0 Å². The van der Waals surface area contributed by atoms with E-state index in [0.29, 0.717) is 6.10 Å². The van der Waals surface area contributed by atoms with Crippen molar-refractivity contribution in [1.29, 1.82) is 0 Å². The van der Waals surface area contributed by atoms with Crippen LogP contribution in [-0.4, -0.2) is 50.3 Å². The van der Waals surface area contributed by atoms with Crippen LogP contribution in [-0.2, 0) is 4.74 Å². The lowest BCUT2D eigenvalue weighted by atomic mass is 10.2. The zero-order chi connectivity index (χ0) is 10.5. The third kappa shape index (κ3) is 3.44. The molecule has 1 aliphatic heterocycles. The molecule has 1 aliphatic carbocycles. The summed E-state index contributed by atoms with van der Waals surface area (Å²) in [7, 11) is 1.82. The van der Waals surface area contributed by atoms with Gasteiger partial charge >= 0.3 is 0 Å². The second-order valence-electron chi connectivity index (χ2n) is 4.88. The van der Waals surface area contributed by atoms with Crippen LogP contribution in [0.1, 0.15) is 32.1 Å². The van der Waals surface area contributed by atoms with Gasteiger partial charge in [-0.1, -0.05) is 12.8 Å². The Balaban J connectivity index is 1.54. The predicted octanol–water partition coefficient (Wildman–Crippen LogP) is 1.24. The minimum atomic E-state index is 0.483. The number of likely N-dealkylation sites (tertiary alicyclic amines) is 1. The van der Waals surface area contributed by atoms with Gasteiger partial charge in [-0.05, 0) is 19.3 Å². The quantitative estimate of drug-likeness (QED) is 0.742. The molecular formula is C12H24N2O. The second-order valence-corrected chi connectivity index (χ2v) is 4.88. The van der Waals surface area contributed by atoms with Crippen molar-refractivity contribution in [2.24, 2.45) is 0 Å². The van der Waals surface area contributed by atoms with E-state index in [4.69, 9.17) is 4.74 Å². The lowest BCUT2D eigenvalue weighted by molar-refractivity contribution is 0.108. The standard InChI is InChI=1S/C12H24N2O/c1-15-12-6-8-14(10-12)9-7-13-11-4-2-3-5-11/h11-13H,2-10H2,1H3. The minimum absolute atomic E-state index is 0.483. The van der Waals surface area contributed by atoms with Crippen molar-refractivity contribution in [2.75, 3.05) is 33.3 Å². The van der Waals surface area contributed by atoms with E-state index in [1.807, 2.05) is 7.11 Å². The van der Waals surface area contributed by atoms with Crippen LogP contribution >= 0.6 is 0 Å². The molecule has 2 aliphatic rings. The fourth-order valence-electron chi connectivity index (χ4n) is 2.75. The van der Waals surface area contributed by atoms with Crippen molar-refractivity contribution in [1.82, 2.24) is 10.2 Å². The molecule has 0 bridgehead atoms. The van der Waals surface area contributed by atoms with E-state index in [-0.39, 0.29) is 0 Å². The van der Waals surface area contributed by atoms with Crippen LogP contribution in [0.4, 0.5) is 0 Å². The van der Waals surface area contributed by atoms with Gasteiger partial charge in [0.05, 0.1) is 6.10 Å². The van der Waals surface area contributed by atoms with Gasteiger partial charge < -0.3 is 10.1 Å². The highest BCUT2D eigenvalue weighted by atomic mass is 16.5. The first-order valence-corrected chi connectivity index (χ1v) is 6.37. The molecular weight excluding hydrogens is 188 g/mol. The van der Waals surface area contributed by atoms with Crippen molar-refractivity contribution in [3.05, 3.63) is 0 Å². The number of nitrogens with zero attached hydrogens (tertiary/aromatic N) is 1. The summed E-state index contributed by atoms with van der Waals surface area (Å²) in [6.07, 6.45) is 7.32. The van der Waals surface area contributed by atoms with Crippen molar-refractivity contribution in [2.45, 2.75) is 44.2 Å². The largest absolute Gasteiger partial charge is 0.380 e. The number of hydrogen-bond acceptors (Lipinski definition) is 3. The Kier molecular flexibility index (Phi) is 4.42. The van der Waals surface area contributed by atoms with E-state index in [2.05, 4.69) is 10.2 Å². The second kappa shape index (κ2) is 5.83. The van der Waals surface area contributed by atoms with Gasteiger partial charge in [0.2, 0.25) is 0 Å². The number of hydrogen-bond donors (Lipinski definition) is 1. The first-order chi connectivity index (χ1) is 7.38. The summed E-state index contributed by atoms with van der Waals surface area (Å²) in [6.45, 7) is 4.69. The van der Waals surface area contributed by atoms with Crippen LogP contribution in [0.25, 0.3) is 0 Å². The van der Waals surface area contributed by atoms with Gasteiger partial charge in [0, 0.05) is 39.3 Å². The average molecular weight is 212 g/mol. The van der Waals surface area contributed by atoms with Crippen molar-refractivity contribution >= 4 is 0 Å². The number of nitrogens with one attached hydrogen (secondary N) is 1. The highest BCUT2D eigenvalue weighted by Gasteiger charge is 2.21. The summed E-state index contributed by atoms with van der Waals surface area (Å²) >= 11 is 0. The molecule has 0 aromatic heterocycles. The maximum absolute atomic E-state index is 5.36. The maximum Gasteiger partial charge on any atom is 0.0710 e. The van der Waals surface area contributed by atoms with Gasteiger partial charge in [0.15, 0.2) is 0 Å². The zero-order valence-electron chi connectivity index (χ0n) is 9.87. The molecule has 1 saturated heterocycles. The topological polar surface area (TPSA) is 24.5 Å². The molecule has 2 rings (SSSR count). The van der Waals surface area contributed by atoms with Crippen molar-refractivity contribution in [3.63, 3.8) is 0 Å². The molecule has 0 spiro atoms. The molecule has 3 nitrogen and oxygen atoms in total. The summed E-state index contributed by atoms with van der Waals surface area (Å²) in [5.41, 5.74) is 0. The molecule has 0 amide bonds. The molecule has 15 heavy (non-hydrogen) atoms. The molecule has 0 radical (unpaired) electrons. The van der Waals surface area contributed by atoms with E-state index in [1.54, 1.807) is 0 Å². The van der Waals surface area contributed by atoms with Crippen LogP contribution in [0.15, 0.2) is 0 Å². The molecule has 88 valence electrons. The zero-order valence-corrected chi connectivity index (χ0v) is 9.87. The van der Waals surface area contributed by atoms with Gasteiger partial charge in [-0.25, -0.2) is 0 Å². The molecule has 2 fully saturated rings. The fraction of sp³-hybridized carbons (Fsp3) is 1.00. The Morgan fingerprint density at radius 3 is 2.73 bits per heavy atom. The lowest BCUT2D eigenvalue weighted by Gasteiger charge is -2.18. The van der Waals surface area contributed by atoms with Crippen molar-refractivity contribution in [3.8, 4) is 0 Å². The number of rotatable bonds is 5.